The van der Waals surface area contributed by atoms with E-state index in [1.54, 1.807) is 5.32 Å². The third kappa shape index (κ3) is 2.87. The lowest BCUT2D eigenvalue weighted by Gasteiger charge is -2.08. The maximum absolute atomic E-state index is 11.9. The molecule has 0 saturated heterocycles. The summed E-state index contributed by atoms with van der Waals surface area (Å²) in [5.74, 6) is -2.08. The van der Waals surface area contributed by atoms with Crippen molar-refractivity contribution in [2.24, 2.45) is 0 Å². The summed E-state index contributed by atoms with van der Waals surface area (Å²) < 4.78 is 35.6. The maximum Gasteiger partial charge on any atom is 0.471 e. The lowest BCUT2D eigenvalue weighted by molar-refractivity contribution is -0.167. The topological polar surface area (TPSA) is 49.3 Å². The Kier molecular flexibility index (Phi) is 2.88. The van der Waals surface area contributed by atoms with Crippen LogP contribution in [0.2, 0.25) is 0 Å². The van der Waals surface area contributed by atoms with Gasteiger partial charge in [-0.05, 0) is 30.7 Å². The number of hydrogen-bond acceptors (Lipinski definition) is 2. The number of benzene rings is 1. The number of hydrogen-bond donors (Lipinski definition) is 2. The van der Waals surface area contributed by atoms with Crippen LogP contribution >= 0.6 is 0 Å². The fourth-order valence-electron chi connectivity index (χ4n) is 0.935. The Labute approximate surface area is 83.5 Å². The monoisotopic (exact) mass is 219 g/mol. The van der Waals surface area contributed by atoms with Crippen LogP contribution in [0.25, 0.3) is 0 Å². The number of alkyl halides is 3. The first-order valence-corrected chi connectivity index (χ1v) is 3.98. The zero-order chi connectivity index (χ0) is 11.6. The molecule has 0 unspecified atom stereocenters. The molecule has 0 radical (unpaired) electrons. The lowest BCUT2D eigenvalue weighted by Crippen LogP contribution is -2.29. The largest absolute Gasteiger partial charge is 0.508 e. The van der Waals surface area contributed by atoms with Gasteiger partial charge in [0.15, 0.2) is 0 Å². The lowest BCUT2D eigenvalue weighted by atomic mass is 10.2. The van der Waals surface area contributed by atoms with Gasteiger partial charge in [-0.1, -0.05) is 0 Å². The van der Waals surface area contributed by atoms with Crippen molar-refractivity contribution in [1.82, 2.24) is 0 Å². The molecule has 0 heterocycles. The van der Waals surface area contributed by atoms with E-state index >= 15 is 0 Å². The van der Waals surface area contributed by atoms with Gasteiger partial charge < -0.3 is 10.4 Å². The quantitative estimate of drug-likeness (QED) is 0.711. The van der Waals surface area contributed by atoms with Crippen molar-refractivity contribution in [3.63, 3.8) is 0 Å². The van der Waals surface area contributed by atoms with Crippen LogP contribution in [-0.2, 0) is 4.79 Å². The van der Waals surface area contributed by atoms with Crippen LogP contribution in [0.15, 0.2) is 18.2 Å². The number of phenolic OH excluding ortho intramolecular Hbond substituents is 1. The molecule has 6 heteroatoms. The number of phenols is 1. The minimum absolute atomic E-state index is 0.00683. The van der Waals surface area contributed by atoms with Gasteiger partial charge in [-0.15, -0.1) is 0 Å². The molecular weight excluding hydrogens is 211 g/mol. The minimum atomic E-state index is -4.91. The fourth-order valence-corrected chi connectivity index (χ4v) is 0.935. The highest BCUT2D eigenvalue weighted by atomic mass is 19.4. The van der Waals surface area contributed by atoms with Gasteiger partial charge in [0.25, 0.3) is 0 Å². The van der Waals surface area contributed by atoms with Crippen LogP contribution < -0.4 is 5.32 Å². The number of carbonyl (C=O) groups excluding carboxylic acids is 1. The number of nitrogens with one attached hydrogen (secondary N) is 1. The summed E-state index contributed by atoms with van der Waals surface area (Å²) in [6.07, 6.45) is -4.91. The first-order valence-electron chi connectivity index (χ1n) is 3.98. The van der Waals surface area contributed by atoms with Gasteiger partial charge in [-0.25, -0.2) is 0 Å². The van der Waals surface area contributed by atoms with Crippen LogP contribution in [0.5, 0.6) is 5.75 Å². The van der Waals surface area contributed by atoms with Gasteiger partial charge in [0.2, 0.25) is 0 Å². The van der Waals surface area contributed by atoms with Crippen LogP contribution in [0.4, 0.5) is 18.9 Å². The molecule has 0 aliphatic rings. The van der Waals surface area contributed by atoms with E-state index in [9.17, 15) is 18.0 Å². The molecule has 2 N–H and O–H groups in total. The fraction of sp³-hybridized carbons (Fsp3) is 0.222. The summed E-state index contributed by atoms with van der Waals surface area (Å²) in [6, 6.07) is 3.65. The molecule has 0 fully saturated rings. The summed E-state index contributed by atoms with van der Waals surface area (Å²) in [5, 5.41) is 10.8. The number of aryl methyl sites for hydroxylation is 1. The van der Waals surface area contributed by atoms with Crippen LogP contribution in [-0.4, -0.2) is 17.2 Å². The molecule has 0 spiro atoms. The normalized spacial score (nSPS) is 11.2. The van der Waals surface area contributed by atoms with E-state index in [2.05, 4.69) is 0 Å². The van der Waals surface area contributed by atoms with E-state index in [1.807, 2.05) is 0 Å². The predicted octanol–water partition coefficient (Wildman–Crippen LogP) is 2.20. The number of halogens is 3. The smallest absolute Gasteiger partial charge is 0.471 e. The van der Waals surface area contributed by atoms with Crippen molar-refractivity contribution < 1.29 is 23.1 Å². The predicted molar refractivity (Wildman–Crippen MR) is 47.5 cm³/mol. The zero-order valence-corrected chi connectivity index (χ0v) is 7.72. The molecule has 0 aliphatic heterocycles. The highest BCUT2D eigenvalue weighted by Gasteiger charge is 2.38. The van der Waals surface area contributed by atoms with Crippen LogP contribution in [0.1, 0.15) is 5.56 Å². The Morgan fingerprint density at radius 1 is 1.40 bits per heavy atom. The van der Waals surface area contributed by atoms with Crippen molar-refractivity contribution in [3.05, 3.63) is 23.8 Å². The molecule has 0 atom stereocenters. The van der Waals surface area contributed by atoms with Gasteiger partial charge in [0.05, 0.1) is 0 Å². The Bertz CT molecular complexity index is 387. The Hall–Kier alpha value is -1.72. The molecule has 1 amide bonds. The standard InChI is InChI=1S/C9H8F3NO2/c1-5-4-6(2-3-7(5)14)13-8(15)9(10,11)12/h2-4,14H,1H3,(H,13,15). The van der Waals surface area contributed by atoms with Crippen molar-refractivity contribution in [2.45, 2.75) is 13.1 Å². The number of rotatable bonds is 1. The van der Waals surface area contributed by atoms with Gasteiger partial charge >= 0.3 is 12.1 Å². The molecule has 0 bridgehead atoms. The van der Waals surface area contributed by atoms with Gasteiger partial charge in [-0.3, -0.25) is 4.79 Å². The second kappa shape index (κ2) is 3.80. The summed E-state index contributed by atoms with van der Waals surface area (Å²) in [7, 11) is 0. The summed E-state index contributed by atoms with van der Waals surface area (Å²) >= 11 is 0. The zero-order valence-electron chi connectivity index (χ0n) is 7.72. The molecular formula is C9H8F3NO2. The van der Waals surface area contributed by atoms with Crippen molar-refractivity contribution in [1.29, 1.82) is 0 Å². The third-order valence-electron chi connectivity index (χ3n) is 1.71. The summed E-state index contributed by atoms with van der Waals surface area (Å²) in [6.45, 7) is 1.51. The molecule has 82 valence electrons. The van der Waals surface area contributed by atoms with E-state index in [-0.39, 0.29) is 11.4 Å². The number of amides is 1. The highest BCUT2D eigenvalue weighted by molar-refractivity contribution is 5.95. The second-order valence-electron chi connectivity index (χ2n) is 2.95. The van der Waals surface area contributed by atoms with Crippen molar-refractivity contribution in [3.8, 4) is 5.75 Å². The third-order valence-corrected chi connectivity index (χ3v) is 1.71. The number of carbonyl (C=O) groups is 1. The average Bonchev–Trinajstić information content (AvgIpc) is 2.10. The average molecular weight is 219 g/mol. The minimum Gasteiger partial charge on any atom is -0.508 e. The van der Waals surface area contributed by atoms with Crippen LogP contribution in [0, 0.1) is 6.92 Å². The first-order chi connectivity index (χ1) is 6.80. The van der Waals surface area contributed by atoms with Crippen molar-refractivity contribution >= 4 is 11.6 Å². The van der Waals surface area contributed by atoms with Gasteiger partial charge in [-0.2, -0.15) is 13.2 Å². The molecule has 15 heavy (non-hydrogen) atoms. The second-order valence-corrected chi connectivity index (χ2v) is 2.95. The SMILES string of the molecule is Cc1cc(NC(=O)C(F)(F)F)ccc1O. The van der Waals surface area contributed by atoms with E-state index < -0.39 is 12.1 Å². The molecule has 1 aromatic rings. The van der Waals surface area contributed by atoms with E-state index in [1.165, 1.54) is 25.1 Å². The molecule has 1 rings (SSSR count). The first kappa shape index (κ1) is 11.4. The Balaban J connectivity index is 2.83. The Morgan fingerprint density at radius 3 is 2.47 bits per heavy atom. The number of anilines is 1. The summed E-state index contributed by atoms with van der Waals surface area (Å²) in [4.78, 5) is 10.5. The molecule has 1 aromatic carbocycles. The Morgan fingerprint density at radius 2 is 2.00 bits per heavy atom. The van der Waals surface area contributed by atoms with Gasteiger partial charge in [0.1, 0.15) is 5.75 Å². The van der Waals surface area contributed by atoms with Crippen LogP contribution in [0.3, 0.4) is 0 Å². The maximum atomic E-state index is 11.9. The van der Waals surface area contributed by atoms with Gasteiger partial charge in [0, 0.05) is 5.69 Å². The molecule has 0 aromatic heterocycles. The molecule has 0 aliphatic carbocycles. The van der Waals surface area contributed by atoms with E-state index in [0.717, 1.165) is 0 Å². The van der Waals surface area contributed by atoms with E-state index in [0.29, 0.717) is 5.56 Å². The van der Waals surface area contributed by atoms with Crippen molar-refractivity contribution in [2.75, 3.05) is 5.32 Å². The molecule has 0 saturated carbocycles. The summed E-state index contributed by atoms with van der Waals surface area (Å²) in [5.41, 5.74) is 0.377. The highest BCUT2D eigenvalue weighted by Crippen LogP contribution is 2.22. The van der Waals surface area contributed by atoms with E-state index in [4.69, 9.17) is 5.11 Å². The number of aromatic hydroxyl groups is 1. The molecule has 3 nitrogen and oxygen atoms in total.